The first-order valence-corrected chi connectivity index (χ1v) is 8.26. The molecule has 0 unspecified atom stereocenters. The fraction of sp³-hybridized carbons (Fsp3) is 0.188. The molecule has 0 saturated heterocycles. The number of nitrogens with zero attached hydrogens (tertiary/aromatic N) is 4. The number of non-ortho nitro benzene ring substituents is 1. The van der Waals surface area contributed by atoms with E-state index in [1.165, 1.54) is 23.5 Å². The topological polar surface area (TPSA) is 100 Å². The van der Waals surface area contributed by atoms with Gasteiger partial charge in [0.1, 0.15) is 5.01 Å². The fourth-order valence-corrected chi connectivity index (χ4v) is 2.96. The van der Waals surface area contributed by atoms with Crippen LogP contribution in [-0.4, -0.2) is 32.3 Å². The number of benzene rings is 1. The van der Waals surface area contributed by atoms with Crippen molar-refractivity contribution in [3.05, 3.63) is 63.4 Å². The largest absolute Gasteiger partial charge is 0.461 e. The van der Waals surface area contributed by atoms with Gasteiger partial charge in [0, 0.05) is 42.7 Å². The molecule has 0 saturated carbocycles. The van der Waals surface area contributed by atoms with Crippen LogP contribution in [0.25, 0.3) is 10.6 Å². The number of nitro groups is 1. The Kier molecular flexibility index (Phi) is 4.85. The molecular weight excluding hydrogens is 344 g/mol. The highest BCUT2D eigenvalue weighted by atomic mass is 32.1. The second-order valence-electron chi connectivity index (χ2n) is 5.25. The second-order valence-corrected chi connectivity index (χ2v) is 6.11. The van der Waals surface area contributed by atoms with Gasteiger partial charge in [-0.3, -0.25) is 14.8 Å². The summed E-state index contributed by atoms with van der Waals surface area (Å²) < 4.78 is 6.91. The number of esters is 1. The maximum Gasteiger partial charge on any atom is 0.357 e. The van der Waals surface area contributed by atoms with Crippen molar-refractivity contribution >= 4 is 23.0 Å². The number of carbonyl (C=O) groups excluding carboxylic acids is 1. The van der Waals surface area contributed by atoms with E-state index in [4.69, 9.17) is 4.74 Å². The molecule has 0 aliphatic heterocycles. The van der Waals surface area contributed by atoms with Crippen molar-refractivity contribution in [3.8, 4) is 10.6 Å². The first-order valence-electron chi connectivity index (χ1n) is 7.38. The van der Waals surface area contributed by atoms with Gasteiger partial charge in [0.2, 0.25) is 0 Å². The number of carbonyl (C=O) groups is 1. The summed E-state index contributed by atoms with van der Waals surface area (Å²) in [5, 5.41) is 16.9. The van der Waals surface area contributed by atoms with Gasteiger partial charge in [-0.25, -0.2) is 9.78 Å². The Morgan fingerprint density at radius 3 is 2.76 bits per heavy atom. The first-order chi connectivity index (χ1) is 12.0. The highest BCUT2D eigenvalue weighted by molar-refractivity contribution is 7.13. The summed E-state index contributed by atoms with van der Waals surface area (Å²) in [7, 11) is 1.82. The molecule has 8 nitrogen and oxygen atoms in total. The molecule has 2 aromatic heterocycles. The third kappa shape index (κ3) is 4.07. The van der Waals surface area contributed by atoms with E-state index in [0.717, 1.165) is 5.56 Å². The molecule has 3 rings (SSSR count). The van der Waals surface area contributed by atoms with Gasteiger partial charge in [0.15, 0.2) is 5.69 Å². The molecule has 0 N–H and O–H groups in total. The van der Waals surface area contributed by atoms with Gasteiger partial charge in [0.25, 0.3) is 5.69 Å². The van der Waals surface area contributed by atoms with Gasteiger partial charge in [-0.1, -0.05) is 0 Å². The van der Waals surface area contributed by atoms with Crippen molar-refractivity contribution < 1.29 is 14.5 Å². The van der Waals surface area contributed by atoms with E-state index < -0.39 is 10.9 Å². The smallest absolute Gasteiger partial charge is 0.357 e. The van der Waals surface area contributed by atoms with Gasteiger partial charge < -0.3 is 4.74 Å². The molecule has 0 radical (unpaired) electrons. The number of rotatable bonds is 6. The lowest BCUT2D eigenvalue weighted by atomic mass is 10.2. The van der Waals surface area contributed by atoms with Crippen molar-refractivity contribution in [2.24, 2.45) is 7.05 Å². The van der Waals surface area contributed by atoms with E-state index >= 15 is 0 Å². The summed E-state index contributed by atoms with van der Waals surface area (Å²) in [6.45, 7) is 0.245. The highest BCUT2D eigenvalue weighted by Crippen LogP contribution is 2.26. The van der Waals surface area contributed by atoms with E-state index in [1.807, 2.05) is 13.2 Å². The number of hydrogen-bond acceptors (Lipinski definition) is 7. The third-order valence-electron chi connectivity index (χ3n) is 3.42. The first kappa shape index (κ1) is 16.8. The molecule has 0 amide bonds. The van der Waals surface area contributed by atoms with Crippen molar-refractivity contribution in [2.75, 3.05) is 6.61 Å². The van der Waals surface area contributed by atoms with Crippen molar-refractivity contribution in [2.45, 2.75) is 6.42 Å². The lowest BCUT2D eigenvalue weighted by Crippen LogP contribution is -2.08. The number of thiazole rings is 1. The minimum absolute atomic E-state index is 0.00958. The Bertz CT molecular complexity index is 901. The van der Waals surface area contributed by atoms with Gasteiger partial charge in [-0.15, -0.1) is 11.3 Å². The van der Waals surface area contributed by atoms with Crippen LogP contribution in [0.2, 0.25) is 0 Å². The molecule has 0 atom stereocenters. The zero-order valence-corrected chi connectivity index (χ0v) is 14.1. The van der Waals surface area contributed by atoms with E-state index in [2.05, 4.69) is 10.1 Å². The summed E-state index contributed by atoms with van der Waals surface area (Å²) in [5.41, 5.74) is 1.94. The van der Waals surface area contributed by atoms with Crippen molar-refractivity contribution in [1.29, 1.82) is 0 Å². The SMILES string of the molecule is Cn1cc(CCOC(=O)c2csc(-c3ccc([N+](=O)[O-])cc3)n2)cn1. The molecule has 9 heteroatoms. The fourth-order valence-electron chi connectivity index (χ4n) is 2.16. The molecule has 0 aliphatic carbocycles. The predicted molar refractivity (Wildman–Crippen MR) is 91.4 cm³/mol. The molecule has 0 fully saturated rings. The molecular formula is C16H14N4O4S. The van der Waals surface area contributed by atoms with Crippen LogP contribution in [0.4, 0.5) is 5.69 Å². The van der Waals surface area contributed by atoms with Crippen LogP contribution in [0, 0.1) is 10.1 Å². The van der Waals surface area contributed by atoms with Crippen LogP contribution in [0.3, 0.4) is 0 Å². The predicted octanol–water partition coefficient (Wildman–Crippen LogP) is 2.85. The Morgan fingerprint density at radius 1 is 1.36 bits per heavy atom. The summed E-state index contributed by atoms with van der Waals surface area (Å²) in [6, 6.07) is 6.02. The third-order valence-corrected chi connectivity index (χ3v) is 4.31. The maximum absolute atomic E-state index is 12.0. The van der Waals surface area contributed by atoms with Crippen LogP contribution in [0.1, 0.15) is 16.1 Å². The molecule has 0 bridgehead atoms. The Hall–Kier alpha value is -3.07. The maximum atomic E-state index is 12.0. The molecule has 0 aliphatic rings. The van der Waals surface area contributed by atoms with Crippen LogP contribution in [0.15, 0.2) is 42.0 Å². The molecule has 25 heavy (non-hydrogen) atoms. The number of hydrogen-bond donors (Lipinski definition) is 0. The average Bonchev–Trinajstić information content (AvgIpc) is 3.24. The minimum atomic E-state index is -0.492. The monoisotopic (exact) mass is 358 g/mol. The highest BCUT2D eigenvalue weighted by Gasteiger charge is 2.14. The number of aromatic nitrogens is 3. The molecule has 3 aromatic rings. The molecule has 1 aromatic carbocycles. The van der Waals surface area contributed by atoms with Gasteiger partial charge in [-0.05, 0) is 17.7 Å². The van der Waals surface area contributed by atoms with Gasteiger partial charge in [-0.2, -0.15) is 5.10 Å². The van der Waals surface area contributed by atoms with Crippen molar-refractivity contribution in [3.63, 3.8) is 0 Å². The van der Waals surface area contributed by atoms with E-state index in [9.17, 15) is 14.9 Å². The zero-order valence-electron chi connectivity index (χ0n) is 13.3. The summed E-state index contributed by atoms with van der Waals surface area (Å²) in [4.78, 5) is 26.5. The number of aryl methyl sites for hydroxylation is 1. The van der Waals surface area contributed by atoms with E-state index in [0.29, 0.717) is 17.0 Å². The zero-order chi connectivity index (χ0) is 17.8. The molecule has 2 heterocycles. The summed E-state index contributed by atoms with van der Waals surface area (Å²) >= 11 is 1.28. The second kappa shape index (κ2) is 7.22. The number of ether oxygens (including phenoxy) is 1. The van der Waals surface area contributed by atoms with Gasteiger partial charge in [0.05, 0.1) is 17.7 Å². The summed E-state index contributed by atoms with van der Waals surface area (Å²) in [5.74, 6) is -0.492. The van der Waals surface area contributed by atoms with E-state index in [-0.39, 0.29) is 18.0 Å². The minimum Gasteiger partial charge on any atom is -0.461 e. The van der Waals surface area contributed by atoms with Crippen LogP contribution >= 0.6 is 11.3 Å². The Labute approximate surface area is 146 Å². The van der Waals surface area contributed by atoms with Gasteiger partial charge >= 0.3 is 5.97 Å². The normalized spacial score (nSPS) is 10.6. The number of nitro benzene ring substituents is 1. The molecule has 0 spiro atoms. The van der Waals surface area contributed by atoms with Crippen LogP contribution in [-0.2, 0) is 18.2 Å². The lowest BCUT2D eigenvalue weighted by Gasteiger charge is -2.01. The van der Waals surface area contributed by atoms with Crippen molar-refractivity contribution in [1.82, 2.24) is 14.8 Å². The van der Waals surface area contributed by atoms with Crippen LogP contribution in [0.5, 0.6) is 0 Å². The van der Waals surface area contributed by atoms with E-state index in [1.54, 1.807) is 28.4 Å². The Morgan fingerprint density at radius 2 is 2.12 bits per heavy atom. The Balaban J connectivity index is 1.60. The molecule has 128 valence electrons. The summed E-state index contributed by atoms with van der Waals surface area (Å²) in [6.07, 6.45) is 4.17. The standard InChI is InChI=1S/C16H14N4O4S/c1-19-9-11(8-17-19)6-7-24-16(21)14-10-25-15(18-14)12-2-4-13(5-3-12)20(22)23/h2-5,8-10H,6-7H2,1H3. The van der Waals surface area contributed by atoms with Crippen LogP contribution < -0.4 is 0 Å². The average molecular weight is 358 g/mol. The lowest BCUT2D eigenvalue weighted by molar-refractivity contribution is -0.384. The quantitative estimate of drug-likeness (QED) is 0.381.